The molecule has 7 nitrogen and oxygen atoms in total. The number of halogens is 3. The normalized spacial score (nSPS) is 15.1. The molecule has 0 spiro atoms. The monoisotopic (exact) mass is 441 g/mol. The fourth-order valence-corrected chi connectivity index (χ4v) is 4.41. The van der Waals surface area contributed by atoms with Crippen molar-refractivity contribution in [3.05, 3.63) is 59.4 Å². The Balaban J connectivity index is 1.72. The Morgan fingerprint density at radius 3 is 2.07 bits per heavy atom. The van der Waals surface area contributed by atoms with Gasteiger partial charge >= 0.3 is 0 Å². The maximum Gasteiger partial charge on any atom is 0.255 e. The first-order valence-corrected chi connectivity index (χ1v) is 10.4. The predicted molar refractivity (Wildman–Crippen MR) is 102 cm³/mol. The minimum atomic E-state index is -3.82. The average Bonchev–Trinajstić information content (AvgIpc) is 2.74. The molecule has 0 aromatic heterocycles. The van der Waals surface area contributed by atoms with Gasteiger partial charge in [0.15, 0.2) is 17.5 Å². The van der Waals surface area contributed by atoms with Crippen molar-refractivity contribution in [1.82, 2.24) is 9.21 Å². The minimum absolute atomic E-state index is 0.000479. The van der Waals surface area contributed by atoms with Gasteiger partial charge in [-0.2, -0.15) is 4.31 Å². The zero-order chi connectivity index (χ0) is 22.1. The Morgan fingerprint density at radius 2 is 1.50 bits per heavy atom. The largest absolute Gasteiger partial charge is 0.340 e. The average molecular weight is 441 g/mol. The number of amides is 2. The van der Waals surface area contributed by atoms with Crippen molar-refractivity contribution in [3.63, 3.8) is 0 Å². The number of hydrogen-bond donors (Lipinski definition) is 1. The molecule has 0 bridgehead atoms. The molecule has 1 saturated heterocycles. The summed E-state index contributed by atoms with van der Waals surface area (Å²) in [4.78, 5) is 25.1. The summed E-state index contributed by atoms with van der Waals surface area (Å²) in [5, 5.41) is 2.11. The van der Waals surface area contributed by atoms with Crippen molar-refractivity contribution in [3.8, 4) is 0 Å². The zero-order valence-electron chi connectivity index (χ0n) is 15.9. The molecule has 0 atom stereocenters. The molecule has 1 fully saturated rings. The molecule has 30 heavy (non-hydrogen) atoms. The van der Waals surface area contributed by atoms with Crippen LogP contribution in [0, 0.1) is 17.5 Å². The summed E-state index contributed by atoms with van der Waals surface area (Å²) < 4.78 is 66.7. The number of sulfonamides is 1. The predicted octanol–water partition coefficient (Wildman–Crippen LogP) is 2.21. The third-order valence-electron chi connectivity index (χ3n) is 4.72. The first-order valence-electron chi connectivity index (χ1n) is 8.92. The van der Waals surface area contributed by atoms with Crippen LogP contribution >= 0.6 is 0 Å². The van der Waals surface area contributed by atoms with E-state index in [1.54, 1.807) is 4.90 Å². The summed E-state index contributed by atoms with van der Waals surface area (Å²) in [6.45, 7) is 2.29. The molecule has 1 heterocycles. The molecule has 2 aromatic rings. The van der Waals surface area contributed by atoms with Crippen LogP contribution in [0.2, 0.25) is 0 Å². The topological polar surface area (TPSA) is 86.8 Å². The zero-order valence-corrected chi connectivity index (χ0v) is 16.7. The number of anilines is 1. The number of rotatable bonds is 4. The molecule has 2 aromatic carbocycles. The number of piperazine rings is 1. The lowest BCUT2D eigenvalue weighted by Crippen LogP contribution is -2.49. The summed E-state index contributed by atoms with van der Waals surface area (Å²) in [6.07, 6.45) is 0. The highest BCUT2D eigenvalue weighted by Crippen LogP contribution is 2.22. The van der Waals surface area contributed by atoms with E-state index < -0.39 is 39.1 Å². The molecule has 1 aliphatic rings. The van der Waals surface area contributed by atoms with E-state index in [0.29, 0.717) is 6.07 Å². The maximum absolute atomic E-state index is 13.7. The first-order chi connectivity index (χ1) is 14.1. The van der Waals surface area contributed by atoms with Crippen molar-refractivity contribution < 1.29 is 31.2 Å². The molecular weight excluding hydrogens is 423 g/mol. The van der Waals surface area contributed by atoms with Crippen molar-refractivity contribution in [1.29, 1.82) is 0 Å². The van der Waals surface area contributed by atoms with E-state index in [1.807, 2.05) is 0 Å². The lowest BCUT2D eigenvalue weighted by atomic mass is 10.2. The minimum Gasteiger partial charge on any atom is -0.340 e. The Bertz CT molecular complexity index is 1080. The SMILES string of the molecule is CC(=O)N1CCN(S(=O)(=O)c2ccc(C(=O)Nc3ccc(F)c(F)c3F)cc2)CC1. The smallest absolute Gasteiger partial charge is 0.255 e. The van der Waals surface area contributed by atoms with Gasteiger partial charge in [-0.15, -0.1) is 0 Å². The fourth-order valence-electron chi connectivity index (χ4n) is 2.99. The highest BCUT2D eigenvalue weighted by Gasteiger charge is 2.29. The number of hydrogen-bond acceptors (Lipinski definition) is 4. The Hall–Kier alpha value is -2.92. The van der Waals surface area contributed by atoms with Gasteiger partial charge in [0.25, 0.3) is 5.91 Å². The van der Waals surface area contributed by atoms with E-state index in [0.717, 1.165) is 6.07 Å². The lowest BCUT2D eigenvalue weighted by Gasteiger charge is -2.33. The van der Waals surface area contributed by atoms with E-state index in [9.17, 15) is 31.2 Å². The van der Waals surface area contributed by atoms with Gasteiger partial charge in [0.1, 0.15) is 0 Å². The van der Waals surface area contributed by atoms with Crippen LogP contribution in [0.5, 0.6) is 0 Å². The summed E-state index contributed by atoms with van der Waals surface area (Å²) in [5.74, 6) is -5.57. The second kappa shape index (κ2) is 8.44. The van der Waals surface area contributed by atoms with E-state index in [1.165, 1.54) is 35.5 Å². The van der Waals surface area contributed by atoms with Gasteiger partial charge in [-0.1, -0.05) is 0 Å². The van der Waals surface area contributed by atoms with Crippen molar-refractivity contribution >= 4 is 27.5 Å². The van der Waals surface area contributed by atoms with Crippen LogP contribution in [0.25, 0.3) is 0 Å². The molecule has 11 heteroatoms. The van der Waals surface area contributed by atoms with Gasteiger partial charge in [0.2, 0.25) is 15.9 Å². The van der Waals surface area contributed by atoms with Crippen LogP contribution in [0.4, 0.5) is 18.9 Å². The van der Waals surface area contributed by atoms with Crippen molar-refractivity contribution in [2.45, 2.75) is 11.8 Å². The van der Waals surface area contributed by atoms with Crippen LogP contribution in [0.3, 0.4) is 0 Å². The summed E-state index contributed by atoms with van der Waals surface area (Å²) in [6, 6.07) is 6.46. The summed E-state index contributed by atoms with van der Waals surface area (Å²) in [7, 11) is -3.82. The molecule has 1 aliphatic heterocycles. The Kier molecular flexibility index (Phi) is 6.13. The van der Waals surface area contributed by atoms with E-state index in [4.69, 9.17) is 0 Å². The van der Waals surface area contributed by atoms with Crippen LogP contribution in [0.1, 0.15) is 17.3 Å². The number of carbonyl (C=O) groups is 2. The van der Waals surface area contributed by atoms with Crippen molar-refractivity contribution in [2.24, 2.45) is 0 Å². The van der Waals surface area contributed by atoms with Crippen LogP contribution in [0.15, 0.2) is 41.3 Å². The first kappa shape index (κ1) is 21.8. The van der Waals surface area contributed by atoms with Gasteiger partial charge in [0, 0.05) is 38.7 Å². The van der Waals surface area contributed by atoms with E-state index in [-0.39, 0.29) is 42.5 Å². The van der Waals surface area contributed by atoms with E-state index in [2.05, 4.69) is 5.32 Å². The van der Waals surface area contributed by atoms with Gasteiger partial charge in [0.05, 0.1) is 10.6 Å². The number of carbonyl (C=O) groups excluding carboxylic acids is 2. The molecule has 160 valence electrons. The van der Waals surface area contributed by atoms with Gasteiger partial charge in [-0.05, 0) is 36.4 Å². The molecule has 0 radical (unpaired) electrons. The quantitative estimate of drug-likeness (QED) is 0.738. The summed E-state index contributed by atoms with van der Waals surface area (Å²) in [5.41, 5.74) is -0.543. The van der Waals surface area contributed by atoms with Crippen molar-refractivity contribution in [2.75, 3.05) is 31.5 Å². The number of benzene rings is 2. The maximum atomic E-state index is 13.7. The van der Waals surface area contributed by atoms with Crippen LogP contribution in [-0.4, -0.2) is 55.6 Å². The molecule has 0 aliphatic carbocycles. The molecular formula is C19H18F3N3O4S. The molecule has 3 rings (SSSR count). The molecule has 2 amide bonds. The van der Waals surface area contributed by atoms with Gasteiger partial charge < -0.3 is 10.2 Å². The highest BCUT2D eigenvalue weighted by atomic mass is 32.2. The molecule has 0 unspecified atom stereocenters. The Labute approximate surface area is 171 Å². The summed E-state index contributed by atoms with van der Waals surface area (Å²) >= 11 is 0. The second-order valence-corrected chi connectivity index (χ2v) is 8.55. The van der Waals surface area contributed by atoms with Crippen LogP contribution in [-0.2, 0) is 14.8 Å². The van der Waals surface area contributed by atoms with E-state index >= 15 is 0 Å². The standard InChI is InChI=1S/C19H18F3N3O4S/c1-12(26)24-8-10-25(11-9-24)30(28,29)14-4-2-13(3-5-14)19(27)23-16-7-6-15(20)17(21)18(16)22/h2-7H,8-11H2,1H3,(H,23,27). The van der Waals surface area contributed by atoms with Gasteiger partial charge in [-0.3, -0.25) is 9.59 Å². The molecule has 0 saturated carbocycles. The Morgan fingerprint density at radius 1 is 0.900 bits per heavy atom. The third-order valence-corrected chi connectivity index (χ3v) is 6.63. The number of nitrogens with one attached hydrogen (secondary N) is 1. The highest BCUT2D eigenvalue weighted by molar-refractivity contribution is 7.89. The van der Waals surface area contributed by atoms with Crippen LogP contribution < -0.4 is 5.32 Å². The number of nitrogens with zero attached hydrogens (tertiary/aromatic N) is 2. The fraction of sp³-hybridized carbons (Fsp3) is 0.263. The molecule has 1 N–H and O–H groups in total. The van der Waals surface area contributed by atoms with Gasteiger partial charge in [-0.25, -0.2) is 21.6 Å². The third kappa shape index (κ3) is 4.31. The second-order valence-electron chi connectivity index (χ2n) is 6.61. The lowest BCUT2D eigenvalue weighted by molar-refractivity contribution is -0.129.